The van der Waals surface area contributed by atoms with Gasteiger partial charge in [0, 0.05) is 38.3 Å². The summed E-state index contributed by atoms with van der Waals surface area (Å²) in [6.07, 6.45) is -15.4. The summed E-state index contributed by atoms with van der Waals surface area (Å²) in [6.45, 7) is 0.827. The smallest absolute Gasteiger partial charge is 0.351 e. The Morgan fingerprint density at radius 1 is 1.14 bits per heavy atom. The summed E-state index contributed by atoms with van der Waals surface area (Å²) in [5.74, 6) is -5.76. The summed E-state index contributed by atoms with van der Waals surface area (Å²) in [5, 5.41) is 76.3. The molecule has 2 aliphatic rings. The number of nitrogen functional groups attached to an aromatic ring is 1. The van der Waals surface area contributed by atoms with E-state index in [1.165, 1.54) is 13.2 Å². The van der Waals surface area contributed by atoms with E-state index in [9.17, 15) is 59.6 Å². The first-order valence-corrected chi connectivity index (χ1v) is 20.4. The van der Waals surface area contributed by atoms with Gasteiger partial charge in [0.1, 0.15) is 48.4 Å². The van der Waals surface area contributed by atoms with E-state index in [0.717, 1.165) is 28.3 Å². The van der Waals surface area contributed by atoms with Crippen molar-refractivity contribution in [2.45, 2.75) is 67.2 Å². The molecule has 2 saturated heterocycles. The molecule has 2 aliphatic heterocycles. The molecule has 0 aromatic carbocycles. The first kappa shape index (κ1) is 51.1. The van der Waals surface area contributed by atoms with Crippen LogP contribution in [0.5, 0.6) is 0 Å². The zero-order chi connectivity index (χ0) is 42.8. The fraction of sp³-hybridized carbons (Fsp3) is 0.800. The maximum absolute atomic E-state index is 12.9. The van der Waals surface area contributed by atoms with Gasteiger partial charge < -0.3 is 89.4 Å². The number of aliphatic carboxylic acids is 1. The number of ether oxygens (including phenoxy) is 6. The lowest BCUT2D eigenvalue weighted by Crippen LogP contribution is -2.69. The monoisotopic (exact) mass is 882 g/mol. The lowest BCUT2D eigenvalue weighted by atomic mass is 9.88. The highest BCUT2D eigenvalue weighted by Gasteiger charge is 2.54. The Balaban J connectivity index is 0.00000126. The number of rotatable bonds is 24. The summed E-state index contributed by atoms with van der Waals surface area (Å²) in [4.78, 5) is 53.4. The number of carbonyl (C=O) groups is 2. The number of hydrogen-bond acceptors (Lipinski definition) is 24. The van der Waals surface area contributed by atoms with Crippen molar-refractivity contribution < 1.29 is 92.3 Å². The standard InChI is InChI=1S/C25H41N4O18PS.C5H12O2S/c1-42-4-5-43-6-7-49-11-16(33)28-17-12(31)8-25(23(37)38,46-21(17)18(34)13(32)9-30)47-48(40,41)44-10-14-19(35)20(36)22(45-14)29-3-2-15(26)27-24(29)39;1-6-2-3-7-4-5-8/h2-3,12-14,17-22,30-32,34-36H,4-11H2,1H3,(H,28,33)(H,37,38)(H,40,41)(H2,26,27,39);8H,2-5H2,1H3/p-2/t12-,13-,14?,17-,18-,19-,20-,21?,22?,25-;/m1./s1. The van der Waals surface area contributed by atoms with Gasteiger partial charge in [0.15, 0.2) is 6.23 Å². The Bertz CT molecular complexity index is 1470. The summed E-state index contributed by atoms with van der Waals surface area (Å²) in [6, 6.07) is -0.483. The van der Waals surface area contributed by atoms with Crippen molar-refractivity contribution in [2.75, 3.05) is 90.1 Å². The molecule has 1 aromatic rings. The molecule has 9 N–H and O–H groups in total. The van der Waals surface area contributed by atoms with Gasteiger partial charge in [-0.25, -0.2) is 4.79 Å². The van der Waals surface area contributed by atoms with Crippen molar-refractivity contribution in [3.8, 4) is 0 Å². The van der Waals surface area contributed by atoms with E-state index in [-0.39, 0.29) is 18.2 Å². The number of amides is 1. The minimum absolute atomic E-state index is 0.153. The second kappa shape index (κ2) is 25.5. The van der Waals surface area contributed by atoms with Crippen LogP contribution in [0.15, 0.2) is 17.1 Å². The van der Waals surface area contributed by atoms with Gasteiger partial charge in [0.25, 0.3) is 7.82 Å². The topological polar surface area (TPSA) is 365 Å². The lowest BCUT2D eigenvalue weighted by Gasteiger charge is -2.50. The number of nitrogens with zero attached hydrogens (tertiary/aromatic N) is 2. The number of phosphoric ester groups is 1. The van der Waals surface area contributed by atoms with Crippen molar-refractivity contribution in [3.05, 3.63) is 22.7 Å². The Morgan fingerprint density at radius 2 is 1.79 bits per heavy atom. The van der Waals surface area contributed by atoms with Gasteiger partial charge in [0.2, 0.25) is 11.7 Å². The number of phosphoric acid groups is 1. The molecule has 1 aromatic heterocycles. The maximum atomic E-state index is 12.9. The highest BCUT2D eigenvalue weighted by molar-refractivity contribution is 7.99. The van der Waals surface area contributed by atoms with Gasteiger partial charge in [-0.05, 0) is 6.07 Å². The highest BCUT2D eigenvalue weighted by Crippen LogP contribution is 2.48. The number of carboxylic acids is 1. The van der Waals surface area contributed by atoms with Gasteiger partial charge >= 0.3 is 5.69 Å². The number of nitrogens with one attached hydrogen (secondary N) is 1. The molecule has 24 nitrogen and oxygen atoms in total. The van der Waals surface area contributed by atoms with Gasteiger partial charge in [-0.1, -0.05) is 0 Å². The largest absolute Gasteiger partial charge is 0.756 e. The summed E-state index contributed by atoms with van der Waals surface area (Å²) >= 11 is 5.07. The maximum Gasteiger partial charge on any atom is 0.351 e. The second-order valence-electron chi connectivity index (χ2n) is 12.1. The average Bonchev–Trinajstić information content (AvgIpc) is 3.44. The SMILES string of the molecule is COCCOCCS.COCCOCCSCC(=O)N[C@H]1C([C@H](O)[C@H](O)CO)O[C@](OP(=O)([O-])OCC2OC(n3ccc(N)nc3=O)[C@H](O)[C@@H]2O)(C(=O)[O-])C[C@H]1O. The van der Waals surface area contributed by atoms with E-state index in [0.29, 0.717) is 38.8 Å². The molecule has 27 heteroatoms. The zero-order valence-corrected chi connectivity index (χ0v) is 33.6. The Hall–Kier alpha value is -2.05. The predicted molar refractivity (Wildman–Crippen MR) is 194 cm³/mol. The van der Waals surface area contributed by atoms with Crippen LogP contribution in [-0.4, -0.2) is 191 Å². The van der Waals surface area contributed by atoms with E-state index >= 15 is 0 Å². The number of aliphatic hydroxyl groups excluding tert-OH is 6. The van der Waals surface area contributed by atoms with Crippen LogP contribution in [0, 0.1) is 0 Å². The number of methoxy groups -OCH3 is 2. The number of thioether (sulfide) groups is 1. The van der Waals surface area contributed by atoms with Crippen LogP contribution >= 0.6 is 32.2 Å². The van der Waals surface area contributed by atoms with Crippen LogP contribution in [0.25, 0.3) is 0 Å². The normalized spacial score (nSPS) is 28.1. The van der Waals surface area contributed by atoms with E-state index in [1.54, 1.807) is 7.11 Å². The molecule has 57 heavy (non-hydrogen) atoms. The average molecular weight is 883 g/mol. The molecule has 0 aliphatic carbocycles. The summed E-state index contributed by atoms with van der Waals surface area (Å²) < 4.78 is 53.5. The molecule has 0 spiro atoms. The summed E-state index contributed by atoms with van der Waals surface area (Å²) in [7, 11) is -2.70. The van der Waals surface area contributed by atoms with E-state index in [4.69, 9.17) is 38.7 Å². The van der Waals surface area contributed by atoms with Crippen LogP contribution in [-0.2, 0) is 51.6 Å². The number of thiol groups is 1. The van der Waals surface area contributed by atoms with Gasteiger partial charge in [-0.2, -0.15) is 17.6 Å². The van der Waals surface area contributed by atoms with Crippen molar-refractivity contribution in [1.29, 1.82) is 0 Å². The van der Waals surface area contributed by atoms with Crippen molar-refractivity contribution >= 4 is 49.9 Å². The van der Waals surface area contributed by atoms with Crippen LogP contribution in [0.1, 0.15) is 12.6 Å². The first-order valence-electron chi connectivity index (χ1n) is 17.2. The third-order valence-electron chi connectivity index (χ3n) is 7.95. The number of carboxylic acid groups (broad SMARTS) is 1. The number of aliphatic hydroxyl groups is 6. The number of carbonyl (C=O) groups excluding carboxylic acids is 2. The predicted octanol–water partition coefficient (Wildman–Crippen LogP) is -6.28. The quantitative estimate of drug-likeness (QED) is 0.0265. The van der Waals surface area contributed by atoms with E-state index < -0.39 is 106 Å². The minimum Gasteiger partial charge on any atom is -0.756 e. The molecule has 4 unspecified atom stereocenters. The fourth-order valence-corrected chi connectivity index (χ4v) is 6.84. The third kappa shape index (κ3) is 16.2. The molecule has 0 saturated carbocycles. The van der Waals surface area contributed by atoms with Crippen molar-refractivity contribution in [1.82, 2.24) is 14.9 Å². The Morgan fingerprint density at radius 3 is 2.37 bits per heavy atom. The van der Waals surface area contributed by atoms with Gasteiger partial charge in [0.05, 0.1) is 70.8 Å². The fourth-order valence-electron chi connectivity index (χ4n) is 5.13. The number of hydrogen-bond donors (Lipinski definition) is 9. The molecule has 3 heterocycles. The van der Waals surface area contributed by atoms with E-state index in [2.05, 4.69) is 27.5 Å². The molecule has 2 fully saturated rings. The molecule has 3 rings (SSSR count). The molecule has 11 atom stereocenters. The molecule has 0 radical (unpaired) electrons. The van der Waals surface area contributed by atoms with Gasteiger partial charge in [-0.3, -0.25) is 18.5 Å². The molecule has 1 amide bonds. The van der Waals surface area contributed by atoms with Crippen molar-refractivity contribution in [2.24, 2.45) is 0 Å². The highest BCUT2D eigenvalue weighted by atomic mass is 32.2. The molecule has 0 bridgehead atoms. The number of anilines is 1. The molecule has 330 valence electrons. The van der Waals surface area contributed by atoms with Crippen LogP contribution in [0.2, 0.25) is 0 Å². The zero-order valence-electron chi connectivity index (χ0n) is 31.0. The summed E-state index contributed by atoms with van der Waals surface area (Å²) in [5.41, 5.74) is 4.46. The number of nitrogens with two attached hydrogens (primary N) is 1. The minimum atomic E-state index is -5.86. The molecular weight excluding hydrogens is 831 g/mol. The Kier molecular flexibility index (Phi) is 22.9. The van der Waals surface area contributed by atoms with Crippen molar-refractivity contribution in [3.63, 3.8) is 0 Å². The first-order chi connectivity index (χ1) is 27.0. The second-order valence-corrected chi connectivity index (χ2v) is 15.0. The van der Waals surface area contributed by atoms with Crippen LogP contribution in [0.4, 0.5) is 5.82 Å². The number of aromatic nitrogens is 2. The van der Waals surface area contributed by atoms with Gasteiger partial charge in [-0.15, -0.1) is 11.8 Å². The third-order valence-corrected chi connectivity index (χ3v) is 10.0. The van der Waals surface area contributed by atoms with E-state index in [1.807, 2.05) is 0 Å². The van der Waals surface area contributed by atoms with Crippen LogP contribution < -0.4 is 26.7 Å². The lowest BCUT2D eigenvalue weighted by molar-refractivity contribution is -0.377. The van der Waals surface area contributed by atoms with Crippen LogP contribution in [0.3, 0.4) is 0 Å². The molecular formula is C30H51N4O20PS2-2. The Labute approximate surface area is 336 Å².